The van der Waals surface area contributed by atoms with Gasteiger partial charge in [0.25, 0.3) is 0 Å². The van der Waals surface area contributed by atoms with Crippen LogP contribution in [0.2, 0.25) is 0 Å². The van der Waals surface area contributed by atoms with E-state index in [1.165, 1.54) is 18.5 Å². The predicted molar refractivity (Wildman–Crippen MR) is 123 cm³/mol. The summed E-state index contributed by atoms with van der Waals surface area (Å²) >= 11 is 0. The molecule has 2 saturated heterocycles. The van der Waals surface area contributed by atoms with E-state index in [2.05, 4.69) is 19.8 Å². The zero-order chi connectivity index (χ0) is 23.8. The van der Waals surface area contributed by atoms with Crippen LogP contribution in [0.15, 0.2) is 30.7 Å². The first kappa shape index (κ1) is 22.9. The summed E-state index contributed by atoms with van der Waals surface area (Å²) in [5.41, 5.74) is -0.405. The molecule has 3 heterocycles. The Hall–Kier alpha value is -2.91. The fourth-order valence-electron chi connectivity index (χ4n) is 5.43. The fraction of sp³-hybridized carbons (Fsp3) is 0.520. The number of aldehydes is 1. The van der Waals surface area contributed by atoms with E-state index in [0.29, 0.717) is 50.1 Å². The fourth-order valence-corrected chi connectivity index (χ4v) is 5.43. The number of aromatic nitrogens is 2. The first-order chi connectivity index (χ1) is 16.4. The van der Waals surface area contributed by atoms with Crippen molar-refractivity contribution in [3.8, 4) is 11.5 Å². The van der Waals surface area contributed by atoms with Gasteiger partial charge in [-0.3, -0.25) is 9.59 Å². The molecule has 34 heavy (non-hydrogen) atoms. The van der Waals surface area contributed by atoms with E-state index < -0.39 is 11.4 Å². The maximum absolute atomic E-state index is 13.5. The molecule has 8 nitrogen and oxygen atoms in total. The van der Waals surface area contributed by atoms with Crippen LogP contribution in [0.4, 0.5) is 10.2 Å². The van der Waals surface area contributed by atoms with E-state index in [4.69, 9.17) is 4.74 Å². The monoisotopic (exact) mass is 468 g/mol. The van der Waals surface area contributed by atoms with Gasteiger partial charge in [0.15, 0.2) is 17.9 Å². The summed E-state index contributed by atoms with van der Waals surface area (Å²) < 4.78 is 19.4. The number of ketones is 1. The molecule has 0 atom stereocenters. The third-order valence-corrected chi connectivity index (χ3v) is 7.50. The second kappa shape index (κ2) is 9.03. The second-order valence-electron chi connectivity index (χ2n) is 10.0. The van der Waals surface area contributed by atoms with Crippen LogP contribution in [0.5, 0.6) is 11.5 Å². The van der Waals surface area contributed by atoms with Crippen LogP contribution in [0.3, 0.4) is 0 Å². The standard InChI is InChI=1S/C25H29FN4O4/c26-19-1-2-21(18(11-19)13-31)34-22-12-27-17-28-23(22)30-14-24(15-30)7-9-29(10-8-24)16-25(33)5-3-20(32)4-6-25/h1-2,11-13,17,33H,3-10,14-16H2. The van der Waals surface area contributed by atoms with Gasteiger partial charge in [-0.25, -0.2) is 14.4 Å². The molecule has 1 saturated carbocycles. The Morgan fingerprint density at radius 1 is 1.12 bits per heavy atom. The number of benzene rings is 1. The smallest absolute Gasteiger partial charge is 0.188 e. The number of β-amino-alcohol motifs (C(OH)–C–C–N with tert-alkyl or cyclic N) is 1. The highest BCUT2D eigenvalue weighted by atomic mass is 19.1. The number of nitrogens with zero attached hydrogens (tertiary/aromatic N) is 4. The highest BCUT2D eigenvalue weighted by Crippen LogP contribution is 2.45. The SMILES string of the molecule is O=Cc1cc(F)ccc1Oc1cncnc1N1CC2(CCN(CC3(O)CCC(=O)CC3)CC2)C1. The van der Waals surface area contributed by atoms with Gasteiger partial charge in [0.2, 0.25) is 0 Å². The van der Waals surface area contributed by atoms with Gasteiger partial charge in [0.1, 0.15) is 23.7 Å². The molecule has 1 N–H and O–H groups in total. The van der Waals surface area contributed by atoms with E-state index in [1.807, 2.05) is 0 Å². The normalized spacial score (nSPS) is 21.8. The molecular formula is C25H29FN4O4. The number of hydrogen-bond donors (Lipinski definition) is 1. The maximum atomic E-state index is 13.5. The second-order valence-corrected chi connectivity index (χ2v) is 10.0. The molecule has 0 amide bonds. The number of likely N-dealkylation sites (tertiary alicyclic amines) is 1. The predicted octanol–water partition coefficient (Wildman–Crippen LogP) is 3.00. The van der Waals surface area contributed by atoms with Crippen LogP contribution in [0.1, 0.15) is 48.9 Å². The Bertz CT molecular complexity index is 1070. The molecule has 1 aromatic carbocycles. The molecule has 3 fully saturated rings. The van der Waals surface area contributed by atoms with Gasteiger partial charge in [-0.05, 0) is 57.0 Å². The van der Waals surface area contributed by atoms with Crippen LogP contribution in [-0.2, 0) is 4.79 Å². The number of ether oxygens (including phenoxy) is 1. The molecule has 1 aromatic heterocycles. The third kappa shape index (κ3) is 4.67. The van der Waals surface area contributed by atoms with Crippen LogP contribution >= 0.6 is 0 Å². The Morgan fingerprint density at radius 3 is 2.56 bits per heavy atom. The van der Waals surface area contributed by atoms with E-state index in [0.717, 1.165) is 45.1 Å². The third-order valence-electron chi connectivity index (χ3n) is 7.50. The van der Waals surface area contributed by atoms with Crippen molar-refractivity contribution in [2.75, 3.05) is 37.6 Å². The molecule has 0 unspecified atom stereocenters. The molecule has 5 rings (SSSR count). The molecule has 0 bridgehead atoms. The maximum Gasteiger partial charge on any atom is 0.188 e. The number of anilines is 1. The average molecular weight is 469 g/mol. The molecule has 0 radical (unpaired) electrons. The summed E-state index contributed by atoms with van der Waals surface area (Å²) in [7, 11) is 0. The van der Waals surface area contributed by atoms with Gasteiger partial charge in [0, 0.05) is 37.9 Å². The minimum atomic E-state index is -0.738. The number of piperidine rings is 1. The number of rotatable bonds is 6. The van der Waals surface area contributed by atoms with E-state index in [1.54, 1.807) is 6.20 Å². The summed E-state index contributed by atoms with van der Waals surface area (Å²) in [5, 5.41) is 10.9. The zero-order valence-corrected chi connectivity index (χ0v) is 19.1. The summed E-state index contributed by atoms with van der Waals surface area (Å²) in [5.74, 6) is 1.10. The lowest BCUT2D eigenvalue weighted by Gasteiger charge is -2.55. The number of carbonyl (C=O) groups is 2. The van der Waals surface area contributed by atoms with Crippen molar-refractivity contribution in [3.05, 3.63) is 42.1 Å². The van der Waals surface area contributed by atoms with Crippen molar-refractivity contribution in [2.24, 2.45) is 5.41 Å². The van der Waals surface area contributed by atoms with Crippen LogP contribution in [0.25, 0.3) is 0 Å². The number of Topliss-reactive ketones (excluding diaryl/α,β-unsaturated/α-hetero) is 1. The van der Waals surface area contributed by atoms with Gasteiger partial charge in [0.05, 0.1) is 17.4 Å². The lowest BCUT2D eigenvalue weighted by atomic mass is 9.71. The van der Waals surface area contributed by atoms with Crippen molar-refractivity contribution >= 4 is 17.9 Å². The van der Waals surface area contributed by atoms with Crippen molar-refractivity contribution in [1.29, 1.82) is 0 Å². The molecule has 1 spiro atoms. The number of aliphatic hydroxyl groups is 1. The number of carbonyl (C=O) groups excluding carboxylic acids is 2. The van der Waals surface area contributed by atoms with E-state index in [9.17, 15) is 19.1 Å². The van der Waals surface area contributed by atoms with E-state index in [-0.39, 0.29) is 22.5 Å². The summed E-state index contributed by atoms with van der Waals surface area (Å²) in [6.07, 6.45) is 7.77. The Balaban J connectivity index is 1.19. The van der Waals surface area contributed by atoms with Crippen molar-refractivity contribution in [1.82, 2.24) is 14.9 Å². The summed E-state index contributed by atoms with van der Waals surface area (Å²) in [6, 6.07) is 3.82. The van der Waals surface area contributed by atoms with Crippen LogP contribution < -0.4 is 9.64 Å². The Morgan fingerprint density at radius 2 is 1.85 bits per heavy atom. The molecule has 9 heteroatoms. The lowest BCUT2D eigenvalue weighted by Crippen LogP contribution is -2.61. The quantitative estimate of drug-likeness (QED) is 0.647. The largest absolute Gasteiger partial charge is 0.451 e. The Labute approximate surface area is 197 Å². The van der Waals surface area contributed by atoms with Gasteiger partial charge in [-0.1, -0.05) is 0 Å². The van der Waals surface area contributed by atoms with Gasteiger partial charge < -0.3 is 19.6 Å². The zero-order valence-electron chi connectivity index (χ0n) is 19.1. The minimum absolute atomic E-state index is 0.131. The minimum Gasteiger partial charge on any atom is -0.451 e. The van der Waals surface area contributed by atoms with Crippen molar-refractivity contribution in [3.63, 3.8) is 0 Å². The topological polar surface area (TPSA) is 95.9 Å². The Kier molecular flexibility index (Phi) is 6.07. The molecule has 2 aliphatic heterocycles. The van der Waals surface area contributed by atoms with Crippen molar-refractivity contribution in [2.45, 2.75) is 44.1 Å². The molecule has 3 aliphatic rings. The van der Waals surface area contributed by atoms with Gasteiger partial charge >= 0.3 is 0 Å². The van der Waals surface area contributed by atoms with Crippen LogP contribution in [-0.4, -0.2) is 70.4 Å². The number of hydrogen-bond acceptors (Lipinski definition) is 8. The first-order valence-corrected chi connectivity index (χ1v) is 11.8. The number of halogens is 1. The van der Waals surface area contributed by atoms with E-state index >= 15 is 0 Å². The lowest BCUT2D eigenvalue weighted by molar-refractivity contribution is -0.126. The average Bonchev–Trinajstić information content (AvgIpc) is 2.82. The highest BCUT2D eigenvalue weighted by Gasteiger charge is 2.47. The van der Waals surface area contributed by atoms with Crippen molar-refractivity contribution < 1.29 is 23.8 Å². The molecule has 2 aromatic rings. The van der Waals surface area contributed by atoms with Gasteiger partial charge in [-0.15, -0.1) is 0 Å². The highest BCUT2D eigenvalue weighted by molar-refractivity contribution is 5.80. The van der Waals surface area contributed by atoms with Crippen LogP contribution in [0, 0.1) is 11.2 Å². The molecule has 1 aliphatic carbocycles. The summed E-state index contributed by atoms with van der Waals surface area (Å²) in [4.78, 5) is 35.8. The molecule has 180 valence electrons. The summed E-state index contributed by atoms with van der Waals surface area (Å²) in [6.45, 7) is 4.18. The van der Waals surface area contributed by atoms with Gasteiger partial charge in [-0.2, -0.15) is 0 Å². The first-order valence-electron chi connectivity index (χ1n) is 11.8. The molecular weight excluding hydrogens is 439 g/mol.